The highest BCUT2D eigenvalue weighted by molar-refractivity contribution is 7.93. The third-order valence-electron chi connectivity index (χ3n) is 5.21. The molecule has 1 amide bonds. The van der Waals surface area contributed by atoms with E-state index in [0.29, 0.717) is 34.3 Å². The van der Waals surface area contributed by atoms with Crippen molar-refractivity contribution in [2.75, 3.05) is 18.4 Å². The molecule has 0 spiro atoms. The number of rotatable bonds is 8. The van der Waals surface area contributed by atoms with Gasteiger partial charge in [0, 0.05) is 42.9 Å². The molecule has 2 N–H and O–H groups in total. The van der Waals surface area contributed by atoms with Crippen molar-refractivity contribution in [1.29, 1.82) is 0 Å². The minimum Gasteiger partial charge on any atom is -0.385 e. The van der Waals surface area contributed by atoms with Crippen LogP contribution in [0.3, 0.4) is 0 Å². The summed E-state index contributed by atoms with van der Waals surface area (Å²) < 4.78 is 33.0. The number of pyridine rings is 2. The van der Waals surface area contributed by atoms with Crippen molar-refractivity contribution in [1.82, 2.24) is 24.9 Å². The number of nitrogens with zero attached hydrogens (tertiary/aromatic N) is 4. The molecule has 4 aromatic rings. The van der Waals surface area contributed by atoms with Crippen LogP contribution >= 0.6 is 22.9 Å². The van der Waals surface area contributed by atoms with Crippen molar-refractivity contribution >= 4 is 50.1 Å². The number of methoxy groups -OCH3 is 1. The molecule has 1 aliphatic carbocycles. The molecular weight excluding hydrogens is 524 g/mol. The van der Waals surface area contributed by atoms with Crippen molar-refractivity contribution in [2.24, 2.45) is 0 Å². The number of aromatic nitrogens is 4. The van der Waals surface area contributed by atoms with Crippen LogP contribution in [0.4, 0.5) is 5.69 Å². The van der Waals surface area contributed by atoms with Gasteiger partial charge >= 0.3 is 0 Å². The molecule has 4 aromatic heterocycles. The third-order valence-corrected chi connectivity index (χ3v) is 8.34. The lowest BCUT2D eigenvalue weighted by Crippen LogP contribution is -2.23. The Kier molecular flexibility index (Phi) is 8.19. The van der Waals surface area contributed by atoms with Gasteiger partial charge < -0.3 is 10.1 Å². The summed E-state index contributed by atoms with van der Waals surface area (Å²) in [5.74, 6) is -0.346. The van der Waals surface area contributed by atoms with Crippen LogP contribution in [0.1, 0.15) is 35.3 Å². The van der Waals surface area contributed by atoms with Gasteiger partial charge in [-0.2, -0.15) is 5.10 Å². The first-order chi connectivity index (χ1) is 17.3. The van der Waals surface area contributed by atoms with Crippen LogP contribution in [0.2, 0.25) is 5.02 Å². The number of nitrogens with one attached hydrogen (secondary N) is 2. The molecular formula is C23H25ClN6O4S2. The van der Waals surface area contributed by atoms with E-state index in [1.54, 1.807) is 54.5 Å². The van der Waals surface area contributed by atoms with Crippen LogP contribution in [0.25, 0.3) is 16.0 Å². The minimum atomic E-state index is -3.36. The Bertz CT molecular complexity index is 1460. The monoisotopic (exact) mass is 548 g/mol. The number of sulfonamides is 1. The summed E-state index contributed by atoms with van der Waals surface area (Å²) in [7, 11) is -1.68. The van der Waals surface area contributed by atoms with E-state index < -0.39 is 10.0 Å². The highest BCUT2D eigenvalue weighted by Gasteiger charge is 2.35. The number of hydrogen-bond donors (Lipinski definition) is 2. The Hall–Kier alpha value is -3.06. The second kappa shape index (κ2) is 11.3. The maximum atomic E-state index is 12.6. The predicted molar refractivity (Wildman–Crippen MR) is 140 cm³/mol. The number of carbonyl (C=O) groups is 1. The minimum absolute atomic E-state index is 0.138. The van der Waals surface area contributed by atoms with E-state index in [0.717, 1.165) is 22.6 Å². The fraction of sp³-hybridized carbons (Fsp3) is 0.304. The molecule has 36 heavy (non-hydrogen) atoms. The molecule has 190 valence electrons. The molecule has 13 heteroatoms. The van der Waals surface area contributed by atoms with Crippen molar-refractivity contribution in [3.8, 4) is 10.4 Å². The van der Waals surface area contributed by atoms with Gasteiger partial charge in [-0.15, -0.1) is 11.3 Å². The Balaban J connectivity index is 0.000000709. The highest BCUT2D eigenvalue weighted by Crippen LogP contribution is 2.31. The van der Waals surface area contributed by atoms with Gasteiger partial charge in [0.05, 0.1) is 39.8 Å². The van der Waals surface area contributed by atoms with Crippen LogP contribution in [0.15, 0.2) is 49.1 Å². The zero-order valence-electron chi connectivity index (χ0n) is 19.6. The van der Waals surface area contributed by atoms with E-state index in [2.05, 4.69) is 29.8 Å². The summed E-state index contributed by atoms with van der Waals surface area (Å²) in [5.41, 5.74) is 2.62. The second-order valence-corrected chi connectivity index (χ2v) is 11.3. The summed E-state index contributed by atoms with van der Waals surface area (Å²) in [6.45, 7) is 2.92. The number of anilines is 1. The molecule has 4 heterocycles. The van der Waals surface area contributed by atoms with Gasteiger partial charge in [-0.05, 0) is 44.0 Å². The summed E-state index contributed by atoms with van der Waals surface area (Å²) in [4.78, 5) is 21.8. The lowest BCUT2D eigenvalue weighted by atomic mass is 10.2. The first kappa shape index (κ1) is 26.0. The number of amides is 1. The van der Waals surface area contributed by atoms with Crippen molar-refractivity contribution in [2.45, 2.75) is 31.6 Å². The molecule has 10 nitrogen and oxygen atoms in total. The molecule has 5 rings (SSSR count). The first-order valence-electron chi connectivity index (χ1n) is 11.1. The molecule has 1 fully saturated rings. The van der Waals surface area contributed by atoms with Gasteiger partial charge in [0.1, 0.15) is 0 Å². The Morgan fingerprint density at radius 2 is 2.03 bits per heavy atom. The SMILES string of the molecule is CCOC.O=C(NCc1cc(NS(=O)(=O)C2CC2)ccn1)c1ncc(-c2cnn3ccc(Cl)cc23)s1. The maximum Gasteiger partial charge on any atom is 0.280 e. The number of ether oxygens (including phenoxy) is 1. The third kappa shape index (κ3) is 6.38. The summed E-state index contributed by atoms with van der Waals surface area (Å²) in [6, 6.07) is 6.74. The zero-order valence-corrected chi connectivity index (χ0v) is 22.0. The number of halogens is 1. The summed E-state index contributed by atoms with van der Waals surface area (Å²) >= 11 is 7.34. The molecule has 0 atom stereocenters. The Labute approximate surface area is 217 Å². The molecule has 1 saturated carbocycles. The molecule has 1 aliphatic rings. The van der Waals surface area contributed by atoms with E-state index in [-0.39, 0.29) is 17.7 Å². The quantitative estimate of drug-likeness (QED) is 0.340. The standard InChI is InChI=1S/C20H17ClN6O3S2.C3H8O/c21-12-4-6-27-17(7-12)16(10-25-27)18-11-24-20(31-18)19(28)23-9-14-8-13(3-5-22-14)26-32(29,30)15-1-2-15;1-3-4-2/h3-8,10-11,15H,1-2,9H2,(H,22,26)(H,23,28);3H2,1-2H3. The number of thiazole rings is 1. The molecule has 0 aromatic carbocycles. The van der Waals surface area contributed by atoms with Crippen molar-refractivity contribution < 1.29 is 17.9 Å². The van der Waals surface area contributed by atoms with Crippen molar-refractivity contribution in [3.63, 3.8) is 0 Å². The van der Waals surface area contributed by atoms with Crippen LogP contribution in [-0.4, -0.2) is 52.9 Å². The average Bonchev–Trinajstić information content (AvgIpc) is 3.49. The average molecular weight is 549 g/mol. The van der Waals surface area contributed by atoms with E-state index in [9.17, 15) is 13.2 Å². The lowest BCUT2D eigenvalue weighted by molar-refractivity contribution is 0.0950. The van der Waals surface area contributed by atoms with Gasteiger partial charge in [-0.3, -0.25) is 14.5 Å². The molecule has 0 aliphatic heterocycles. The number of fused-ring (bicyclic) bond motifs is 1. The van der Waals surface area contributed by atoms with Gasteiger partial charge in [-0.25, -0.2) is 17.9 Å². The highest BCUT2D eigenvalue weighted by atomic mass is 35.5. The Morgan fingerprint density at radius 3 is 2.75 bits per heavy atom. The molecule has 0 unspecified atom stereocenters. The summed E-state index contributed by atoms with van der Waals surface area (Å²) in [6.07, 6.45) is 7.97. The van der Waals surface area contributed by atoms with Crippen LogP contribution in [0, 0.1) is 0 Å². The largest absolute Gasteiger partial charge is 0.385 e. The van der Waals surface area contributed by atoms with Gasteiger partial charge in [0.2, 0.25) is 10.0 Å². The smallest absolute Gasteiger partial charge is 0.280 e. The normalized spacial score (nSPS) is 13.2. The van der Waals surface area contributed by atoms with Gasteiger partial charge in [0.15, 0.2) is 5.01 Å². The van der Waals surface area contributed by atoms with Crippen molar-refractivity contribution in [3.05, 3.63) is 64.8 Å². The molecule has 0 radical (unpaired) electrons. The van der Waals surface area contributed by atoms with E-state index in [1.165, 1.54) is 17.5 Å². The molecule has 0 saturated heterocycles. The summed E-state index contributed by atoms with van der Waals surface area (Å²) in [5, 5.41) is 7.64. The van der Waals surface area contributed by atoms with Crippen LogP contribution in [0.5, 0.6) is 0 Å². The maximum absolute atomic E-state index is 12.6. The molecule has 0 bridgehead atoms. The first-order valence-corrected chi connectivity index (χ1v) is 13.9. The number of carbonyl (C=O) groups excluding carboxylic acids is 1. The fourth-order valence-electron chi connectivity index (χ4n) is 3.16. The van der Waals surface area contributed by atoms with Gasteiger partial charge in [0.25, 0.3) is 5.91 Å². The van der Waals surface area contributed by atoms with Gasteiger partial charge in [-0.1, -0.05) is 11.6 Å². The lowest BCUT2D eigenvalue weighted by Gasteiger charge is -2.08. The van der Waals surface area contributed by atoms with Crippen LogP contribution < -0.4 is 10.0 Å². The van der Waals surface area contributed by atoms with E-state index in [4.69, 9.17) is 11.6 Å². The predicted octanol–water partition coefficient (Wildman–Crippen LogP) is 3.99. The van der Waals surface area contributed by atoms with E-state index in [1.807, 2.05) is 6.92 Å². The fourth-order valence-corrected chi connectivity index (χ4v) is 5.55. The number of hydrogen-bond acceptors (Lipinski definition) is 8. The zero-order chi connectivity index (χ0) is 25.7. The van der Waals surface area contributed by atoms with Crippen LogP contribution in [-0.2, 0) is 21.3 Å². The Morgan fingerprint density at radius 1 is 1.25 bits per heavy atom. The topological polar surface area (TPSA) is 128 Å². The van der Waals surface area contributed by atoms with E-state index >= 15 is 0 Å². The second-order valence-electron chi connectivity index (χ2n) is 7.90.